The monoisotopic (exact) mass is 260 g/mol. The minimum absolute atomic E-state index is 0.0509. The van der Waals surface area contributed by atoms with E-state index in [2.05, 4.69) is 32.2 Å². The second kappa shape index (κ2) is 6.70. The third-order valence-electron chi connectivity index (χ3n) is 3.25. The van der Waals surface area contributed by atoms with E-state index in [4.69, 9.17) is 5.26 Å². The molecule has 0 heterocycles. The minimum atomic E-state index is -0.283. The van der Waals surface area contributed by atoms with E-state index >= 15 is 0 Å². The summed E-state index contributed by atoms with van der Waals surface area (Å²) in [6.45, 7) is 9.03. The molecule has 3 heteroatoms. The summed E-state index contributed by atoms with van der Waals surface area (Å²) >= 11 is 0. The quantitative estimate of drug-likeness (QED) is 0.826. The fourth-order valence-corrected chi connectivity index (χ4v) is 2.30. The molecule has 2 unspecified atom stereocenters. The summed E-state index contributed by atoms with van der Waals surface area (Å²) in [5.41, 5.74) is 1.86. The van der Waals surface area contributed by atoms with Crippen molar-refractivity contribution in [3.8, 4) is 6.07 Å². The minimum Gasteiger partial charge on any atom is -0.393 e. The van der Waals surface area contributed by atoms with Crippen molar-refractivity contribution in [1.82, 2.24) is 5.32 Å². The van der Waals surface area contributed by atoms with Crippen molar-refractivity contribution in [3.63, 3.8) is 0 Å². The highest BCUT2D eigenvalue weighted by Crippen LogP contribution is 2.23. The Bertz CT molecular complexity index is 446. The normalized spacial score (nSPS) is 14.7. The van der Waals surface area contributed by atoms with Gasteiger partial charge in [0.1, 0.15) is 0 Å². The smallest absolute Gasteiger partial charge is 0.0991 e. The second-order valence-corrected chi connectivity index (χ2v) is 6.06. The van der Waals surface area contributed by atoms with Crippen LogP contribution in [0, 0.1) is 16.7 Å². The summed E-state index contributed by atoms with van der Waals surface area (Å²) in [5.74, 6) is 0. The van der Waals surface area contributed by atoms with Crippen LogP contribution < -0.4 is 5.32 Å². The molecule has 0 aliphatic rings. The Morgan fingerprint density at radius 3 is 2.63 bits per heavy atom. The molecule has 1 rings (SSSR count). The molecule has 0 fully saturated rings. The lowest BCUT2D eigenvalue weighted by atomic mass is 9.86. The third kappa shape index (κ3) is 5.42. The molecule has 2 atom stereocenters. The molecule has 104 valence electrons. The van der Waals surface area contributed by atoms with Gasteiger partial charge in [-0.3, -0.25) is 0 Å². The summed E-state index contributed by atoms with van der Waals surface area (Å²) in [6.07, 6.45) is 0.485. The summed E-state index contributed by atoms with van der Waals surface area (Å²) in [4.78, 5) is 0. The van der Waals surface area contributed by atoms with E-state index in [1.54, 1.807) is 0 Å². The molecule has 0 aliphatic carbocycles. The van der Waals surface area contributed by atoms with E-state index < -0.39 is 0 Å². The van der Waals surface area contributed by atoms with Crippen LogP contribution in [0.25, 0.3) is 0 Å². The van der Waals surface area contributed by atoms with Gasteiger partial charge < -0.3 is 10.4 Å². The van der Waals surface area contributed by atoms with E-state index in [1.165, 1.54) is 0 Å². The number of hydrogen-bond acceptors (Lipinski definition) is 3. The van der Waals surface area contributed by atoms with Crippen LogP contribution in [0.2, 0.25) is 0 Å². The van der Waals surface area contributed by atoms with Crippen LogP contribution >= 0.6 is 0 Å². The molecule has 3 nitrogen and oxygen atoms in total. The number of rotatable bonds is 6. The molecule has 0 amide bonds. The van der Waals surface area contributed by atoms with Crippen molar-refractivity contribution in [1.29, 1.82) is 5.26 Å². The van der Waals surface area contributed by atoms with Gasteiger partial charge in [-0.1, -0.05) is 26.0 Å². The van der Waals surface area contributed by atoms with Crippen molar-refractivity contribution in [2.75, 3.05) is 6.54 Å². The molecule has 1 aromatic rings. The van der Waals surface area contributed by atoms with Crippen molar-refractivity contribution in [3.05, 3.63) is 35.4 Å². The SMILES string of the molecule is CC(O)CC(C)(C)CNC(C)c1cccc(C#N)c1. The topological polar surface area (TPSA) is 56.0 Å². The Balaban J connectivity index is 2.60. The lowest BCUT2D eigenvalue weighted by molar-refractivity contribution is 0.127. The number of nitriles is 1. The van der Waals surface area contributed by atoms with Crippen LogP contribution in [0.5, 0.6) is 0 Å². The Morgan fingerprint density at radius 2 is 2.05 bits per heavy atom. The highest BCUT2D eigenvalue weighted by molar-refractivity contribution is 5.34. The standard InChI is InChI=1S/C16H24N2O/c1-12(19)9-16(3,4)11-18-13(2)15-7-5-6-14(8-15)10-17/h5-8,12-13,18-19H,9,11H2,1-4H3. The molecule has 0 saturated heterocycles. The van der Waals surface area contributed by atoms with Gasteiger partial charge in [0.05, 0.1) is 17.7 Å². The zero-order valence-corrected chi connectivity index (χ0v) is 12.3. The highest BCUT2D eigenvalue weighted by atomic mass is 16.3. The third-order valence-corrected chi connectivity index (χ3v) is 3.25. The van der Waals surface area contributed by atoms with E-state index in [-0.39, 0.29) is 17.6 Å². The maximum atomic E-state index is 9.47. The average molecular weight is 260 g/mol. The first-order valence-electron chi connectivity index (χ1n) is 6.75. The molecule has 0 radical (unpaired) electrons. The largest absolute Gasteiger partial charge is 0.393 e. The summed E-state index contributed by atoms with van der Waals surface area (Å²) in [5, 5.41) is 21.9. The van der Waals surface area contributed by atoms with Gasteiger partial charge in [-0.2, -0.15) is 5.26 Å². The maximum Gasteiger partial charge on any atom is 0.0991 e. The van der Waals surface area contributed by atoms with Crippen LogP contribution in [0.3, 0.4) is 0 Å². The molecular weight excluding hydrogens is 236 g/mol. The maximum absolute atomic E-state index is 9.47. The Hall–Kier alpha value is -1.37. The highest BCUT2D eigenvalue weighted by Gasteiger charge is 2.21. The predicted molar refractivity (Wildman–Crippen MR) is 77.7 cm³/mol. The van der Waals surface area contributed by atoms with Crippen molar-refractivity contribution >= 4 is 0 Å². The lowest BCUT2D eigenvalue weighted by Gasteiger charge is -2.28. The molecule has 0 aliphatic heterocycles. The van der Waals surface area contributed by atoms with Gasteiger partial charge in [0.15, 0.2) is 0 Å². The molecule has 2 N–H and O–H groups in total. The first-order valence-corrected chi connectivity index (χ1v) is 6.75. The van der Waals surface area contributed by atoms with E-state index in [9.17, 15) is 5.11 Å². The Kier molecular flexibility index (Phi) is 5.53. The fourth-order valence-electron chi connectivity index (χ4n) is 2.30. The van der Waals surface area contributed by atoms with E-state index in [0.717, 1.165) is 18.5 Å². The first-order chi connectivity index (χ1) is 8.84. The molecule has 19 heavy (non-hydrogen) atoms. The average Bonchev–Trinajstić information content (AvgIpc) is 2.34. The zero-order valence-electron chi connectivity index (χ0n) is 12.3. The van der Waals surface area contributed by atoms with Gasteiger partial charge in [0.2, 0.25) is 0 Å². The van der Waals surface area contributed by atoms with Crippen LogP contribution in [0.1, 0.15) is 51.3 Å². The number of aliphatic hydroxyl groups is 1. The van der Waals surface area contributed by atoms with Crippen LogP contribution in [-0.4, -0.2) is 17.8 Å². The molecule has 1 aromatic carbocycles. The van der Waals surface area contributed by atoms with Gasteiger partial charge in [0.25, 0.3) is 0 Å². The fraction of sp³-hybridized carbons (Fsp3) is 0.562. The van der Waals surface area contributed by atoms with Crippen molar-refractivity contribution in [2.24, 2.45) is 5.41 Å². The molecule has 0 saturated carbocycles. The van der Waals surface area contributed by atoms with Gasteiger partial charge in [-0.15, -0.1) is 0 Å². The number of hydrogen-bond donors (Lipinski definition) is 2. The Labute approximate surface area is 116 Å². The number of aliphatic hydroxyl groups excluding tert-OH is 1. The van der Waals surface area contributed by atoms with Crippen LogP contribution in [0.15, 0.2) is 24.3 Å². The summed E-state index contributed by atoms with van der Waals surface area (Å²) < 4.78 is 0. The first kappa shape index (κ1) is 15.7. The Morgan fingerprint density at radius 1 is 1.37 bits per heavy atom. The second-order valence-electron chi connectivity index (χ2n) is 6.06. The predicted octanol–water partition coefficient (Wildman–Crippen LogP) is 3.01. The van der Waals surface area contributed by atoms with Gasteiger partial charge in [0, 0.05) is 12.6 Å². The van der Waals surface area contributed by atoms with Crippen LogP contribution in [-0.2, 0) is 0 Å². The van der Waals surface area contributed by atoms with Gasteiger partial charge in [-0.05, 0) is 43.4 Å². The van der Waals surface area contributed by atoms with Crippen LogP contribution in [0.4, 0.5) is 0 Å². The molecular formula is C16H24N2O. The summed E-state index contributed by atoms with van der Waals surface area (Å²) in [7, 11) is 0. The molecule has 0 aromatic heterocycles. The lowest BCUT2D eigenvalue weighted by Crippen LogP contribution is -2.33. The molecule has 0 spiro atoms. The number of benzene rings is 1. The number of nitrogens with zero attached hydrogens (tertiary/aromatic N) is 1. The van der Waals surface area contributed by atoms with E-state index in [1.807, 2.05) is 31.2 Å². The van der Waals surface area contributed by atoms with Crippen molar-refractivity contribution < 1.29 is 5.11 Å². The van der Waals surface area contributed by atoms with E-state index in [0.29, 0.717) is 5.56 Å². The van der Waals surface area contributed by atoms with Gasteiger partial charge >= 0.3 is 0 Å². The zero-order chi connectivity index (χ0) is 14.5. The molecule has 0 bridgehead atoms. The summed E-state index contributed by atoms with van der Waals surface area (Å²) in [6, 6.07) is 10.0. The number of nitrogens with one attached hydrogen (secondary N) is 1. The van der Waals surface area contributed by atoms with Gasteiger partial charge in [-0.25, -0.2) is 0 Å². The van der Waals surface area contributed by atoms with Crippen molar-refractivity contribution in [2.45, 2.75) is 46.3 Å².